The molecule has 1 aliphatic rings. The first-order chi connectivity index (χ1) is 32.2. The smallest absolute Gasteiger partial charge is 0.305 e. The first-order valence-corrected chi connectivity index (χ1v) is 26.2. The molecule has 1 heterocycles. The van der Waals surface area contributed by atoms with E-state index in [9.17, 15) is 35.1 Å². The number of nitrogens with one attached hydrogen (secondary N) is 1. The van der Waals surface area contributed by atoms with Crippen LogP contribution >= 0.6 is 0 Å². The number of ether oxygens (including phenoxy) is 3. The molecule has 6 N–H and O–H groups in total. The average molecular weight is 930 g/mol. The van der Waals surface area contributed by atoms with E-state index in [1.165, 1.54) is 57.8 Å². The van der Waals surface area contributed by atoms with Gasteiger partial charge in [0.05, 0.1) is 32.0 Å². The first-order valence-electron chi connectivity index (χ1n) is 26.2. The molecule has 11 nitrogen and oxygen atoms in total. The van der Waals surface area contributed by atoms with Gasteiger partial charge in [0, 0.05) is 12.8 Å². The largest absolute Gasteiger partial charge is 0.466 e. The van der Waals surface area contributed by atoms with Crippen molar-refractivity contribution in [3.63, 3.8) is 0 Å². The van der Waals surface area contributed by atoms with E-state index in [4.69, 9.17) is 14.2 Å². The normalized spacial score (nSPS) is 20.3. The third-order valence-corrected chi connectivity index (χ3v) is 11.8. The Bertz CT molecular complexity index is 1330. The number of unbranched alkanes of at least 4 members (excludes halogenated alkanes) is 20. The summed E-state index contributed by atoms with van der Waals surface area (Å²) in [5.41, 5.74) is 0. The van der Waals surface area contributed by atoms with Gasteiger partial charge in [0.2, 0.25) is 5.91 Å². The molecule has 0 saturated carbocycles. The molecular weight excluding hydrogens is 835 g/mol. The van der Waals surface area contributed by atoms with Crippen LogP contribution in [0.1, 0.15) is 200 Å². The van der Waals surface area contributed by atoms with Crippen LogP contribution in [0.2, 0.25) is 0 Å². The third-order valence-electron chi connectivity index (χ3n) is 11.8. The monoisotopic (exact) mass is 930 g/mol. The van der Waals surface area contributed by atoms with Crippen LogP contribution < -0.4 is 5.32 Å². The quantitative estimate of drug-likeness (QED) is 0.0149. The van der Waals surface area contributed by atoms with Gasteiger partial charge < -0.3 is 45.1 Å². The van der Waals surface area contributed by atoms with Crippen molar-refractivity contribution in [2.24, 2.45) is 0 Å². The number of hydrogen-bond acceptors (Lipinski definition) is 10. The molecule has 1 saturated heterocycles. The van der Waals surface area contributed by atoms with E-state index in [0.717, 1.165) is 116 Å². The van der Waals surface area contributed by atoms with Gasteiger partial charge in [-0.25, -0.2) is 0 Å². The molecular formula is C55H95NO10. The SMILES string of the molecule is CCCC/C=C\C/C=C\CCCCCCCC(=O)OCCCCC/C=C\C=C/CCCCCCCCC(=O)NC(COC1OC(CO)C(O)C(O)C1O)C(O)/C=C/CC/C=C/CCCCC. The number of carbonyl (C=O) groups is 2. The molecule has 0 aliphatic carbocycles. The number of allylic oxidation sites excluding steroid dienone is 11. The molecule has 66 heavy (non-hydrogen) atoms. The second-order valence-corrected chi connectivity index (χ2v) is 17.9. The summed E-state index contributed by atoms with van der Waals surface area (Å²) in [4.78, 5) is 25.0. The van der Waals surface area contributed by atoms with E-state index >= 15 is 0 Å². The van der Waals surface area contributed by atoms with Crippen LogP contribution in [0.4, 0.5) is 0 Å². The maximum absolute atomic E-state index is 12.9. The molecule has 0 spiro atoms. The molecule has 0 aromatic heterocycles. The standard InChI is InChI=1S/C55H95NO10/c1-3-5-7-9-11-13-14-15-20-23-27-31-35-39-43-51(60)64-44-40-36-32-28-24-21-18-16-17-19-22-26-30-34-38-42-50(59)56-47(48(58)41-37-33-29-25-12-10-8-6-4-2)46-65-55-54(63)53(62)52(61)49(45-57)66-55/h9,11-12,14-16,18,21,24-25,37,41,47-49,52-55,57-58,61-63H,3-8,10,13,17,19-20,22-23,26-36,38-40,42-46H2,1-2H3,(H,56,59)/b11-9-,15-14-,18-16-,24-21-,25-12+,41-37+. The van der Waals surface area contributed by atoms with Gasteiger partial charge in [-0.3, -0.25) is 9.59 Å². The Kier molecular flexibility index (Phi) is 41.3. The minimum Gasteiger partial charge on any atom is -0.466 e. The summed E-state index contributed by atoms with van der Waals surface area (Å²) in [5.74, 6) is -0.279. The zero-order chi connectivity index (χ0) is 48.1. The van der Waals surface area contributed by atoms with Crippen molar-refractivity contribution in [1.82, 2.24) is 5.32 Å². The molecule has 1 aliphatic heterocycles. The number of hydrogen-bond donors (Lipinski definition) is 6. The van der Waals surface area contributed by atoms with Crippen LogP contribution in [0.3, 0.4) is 0 Å². The number of aliphatic hydroxyl groups is 5. The molecule has 0 bridgehead atoms. The van der Waals surface area contributed by atoms with E-state index in [0.29, 0.717) is 19.4 Å². The van der Waals surface area contributed by atoms with Gasteiger partial charge >= 0.3 is 5.97 Å². The lowest BCUT2D eigenvalue weighted by molar-refractivity contribution is -0.302. The predicted molar refractivity (Wildman–Crippen MR) is 269 cm³/mol. The maximum atomic E-state index is 12.9. The van der Waals surface area contributed by atoms with E-state index in [1.807, 2.05) is 6.08 Å². The van der Waals surface area contributed by atoms with E-state index in [1.54, 1.807) is 6.08 Å². The Morgan fingerprint density at radius 2 is 1.09 bits per heavy atom. The molecule has 11 heteroatoms. The zero-order valence-electron chi connectivity index (χ0n) is 41.4. The first kappa shape index (κ1) is 61.1. The number of aliphatic hydroxyl groups excluding tert-OH is 5. The lowest BCUT2D eigenvalue weighted by atomic mass is 9.99. The minimum absolute atomic E-state index is 0.0582. The summed E-state index contributed by atoms with van der Waals surface area (Å²) in [6.45, 7) is 4.12. The molecule has 1 amide bonds. The van der Waals surface area contributed by atoms with Crippen molar-refractivity contribution >= 4 is 11.9 Å². The van der Waals surface area contributed by atoms with Crippen molar-refractivity contribution in [3.05, 3.63) is 72.9 Å². The Labute approximate surface area is 400 Å². The number of esters is 1. The van der Waals surface area contributed by atoms with Gasteiger partial charge in [-0.05, 0) is 103 Å². The highest BCUT2D eigenvalue weighted by atomic mass is 16.7. The minimum atomic E-state index is -1.59. The third kappa shape index (κ3) is 34.4. The summed E-state index contributed by atoms with van der Waals surface area (Å²) in [5, 5.41) is 54.0. The van der Waals surface area contributed by atoms with Crippen LogP contribution in [0.15, 0.2) is 72.9 Å². The summed E-state index contributed by atoms with van der Waals surface area (Å²) in [6, 6.07) is -0.845. The van der Waals surface area contributed by atoms with E-state index in [-0.39, 0.29) is 18.5 Å². The van der Waals surface area contributed by atoms with Gasteiger partial charge in [-0.2, -0.15) is 0 Å². The van der Waals surface area contributed by atoms with Crippen LogP contribution in [0.5, 0.6) is 0 Å². The van der Waals surface area contributed by atoms with Crippen LogP contribution in [0, 0.1) is 0 Å². The molecule has 0 aromatic carbocycles. The van der Waals surface area contributed by atoms with Gasteiger partial charge in [0.25, 0.3) is 0 Å². The van der Waals surface area contributed by atoms with Crippen molar-refractivity contribution in [3.8, 4) is 0 Å². The Morgan fingerprint density at radius 3 is 1.73 bits per heavy atom. The second-order valence-electron chi connectivity index (χ2n) is 17.9. The molecule has 1 rings (SSSR count). The van der Waals surface area contributed by atoms with Crippen molar-refractivity contribution in [1.29, 1.82) is 0 Å². The fraction of sp³-hybridized carbons (Fsp3) is 0.745. The van der Waals surface area contributed by atoms with Crippen LogP contribution in [0.25, 0.3) is 0 Å². The number of carbonyl (C=O) groups excluding carboxylic acids is 2. The maximum Gasteiger partial charge on any atom is 0.305 e. The Morgan fingerprint density at radius 1 is 0.576 bits per heavy atom. The van der Waals surface area contributed by atoms with Gasteiger partial charge in [-0.1, -0.05) is 157 Å². The van der Waals surface area contributed by atoms with Crippen LogP contribution in [-0.4, -0.2) is 100 Å². The summed E-state index contributed by atoms with van der Waals surface area (Å²) < 4.78 is 16.6. The molecule has 380 valence electrons. The van der Waals surface area contributed by atoms with E-state index in [2.05, 4.69) is 79.9 Å². The summed E-state index contributed by atoms with van der Waals surface area (Å²) >= 11 is 0. The lowest BCUT2D eigenvalue weighted by Gasteiger charge is -2.40. The highest BCUT2D eigenvalue weighted by Crippen LogP contribution is 2.22. The Hall–Kier alpha value is -2.90. The Balaban J connectivity index is 2.15. The highest BCUT2D eigenvalue weighted by Gasteiger charge is 2.44. The molecule has 0 aromatic rings. The summed E-state index contributed by atoms with van der Waals surface area (Å²) in [6.07, 6.45) is 47.1. The van der Waals surface area contributed by atoms with Gasteiger partial charge in [0.15, 0.2) is 6.29 Å². The zero-order valence-corrected chi connectivity index (χ0v) is 41.4. The molecule has 7 atom stereocenters. The van der Waals surface area contributed by atoms with Crippen LogP contribution in [-0.2, 0) is 23.8 Å². The molecule has 7 unspecified atom stereocenters. The number of rotatable bonds is 43. The van der Waals surface area contributed by atoms with E-state index < -0.39 is 49.5 Å². The van der Waals surface area contributed by atoms with Crippen molar-refractivity contribution < 1.29 is 49.3 Å². The molecule has 0 radical (unpaired) electrons. The fourth-order valence-corrected chi connectivity index (χ4v) is 7.51. The fourth-order valence-electron chi connectivity index (χ4n) is 7.51. The lowest BCUT2D eigenvalue weighted by Crippen LogP contribution is -2.60. The topological polar surface area (TPSA) is 175 Å². The van der Waals surface area contributed by atoms with Crippen molar-refractivity contribution in [2.75, 3.05) is 19.8 Å². The predicted octanol–water partition coefficient (Wildman–Crippen LogP) is 10.9. The average Bonchev–Trinajstić information content (AvgIpc) is 3.31. The van der Waals surface area contributed by atoms with Gasteiger partial charge in [-0.15, -0.1) is 0 Å². The number of amides is 1. The summed E-state index contributed by atoms with van der Waals surface area (Å²) in [7, 11) is 0. The second kappa shape index (κ2) is 44.6. The highest BCUT2D eigenvalue weighted by molar-refractivity contribution is 5.76. The molecule has 1 fully saturated rings. The van der Waals surface area contributed by atoms with Crippen molar-refractivity contribution in [2.45, 2.75) is 243 Å². The van der Waals surface area contributed by atoms with Gasteiger partial charge in [0.1, 0.15) is 24.4 Å².